The molecule has 1 N–H and O–H groups in total. The highest BCUT2D eigenvalue weighted by molar-refractivity contribution is 8.00. The van der Waals surface area contributed by atoms with Gasteiger partial charge >= 0.3 is 6.61 Å². The lowest BCUT2D eigenvalue weighted by atomic mass is 10.3. The molecule has 0 saturated heterocycles. The lowest BCUT2D eigenvalue weighted by Gasteiger charge is -2.18. The molecule has 23 heavy (non-hydrogen) atoms. The van der Waals surface area contributed by atoms with Crippen LogP contribution < -0.4 is 10.1 Å². The van der Waals surface area contributed by atoms with Crippen LogP contribution in [-0.4, -0.2) is 47.9 Å². The van der Waals surface area contributed by atoms with E-state index in [1.807, 2.05) is 13.8 Å². The fourth-order valence-electron chi connectivity index (χ4n) is 1.82. The fourth-order valence-corrected chi connectivity index (χ4v) is 2.53. The second kappa shape index (κ2) is 10.0. The third kappa shape index (κ3) is 7.32. The maximum absolute atomic E-state index is 12.0. The number of alkyl halides is 2. The summed E-state index contributed by atoms with van der Waals surface area (Å²) in [5.41, 5.74) is 0.479. The average molecular weight is 346 g/mol. The van der Waals surface area contributed by atoms with Gasteiger partial charge in [-0.1, -0.05) is 0 Å². The number of nitrogens with one attached hydrogen (secondary N) is 1. The van der Waals surface area contributed by atoms with Crippen LogP contribution in [0.5, 0.6) is 5.75 Å². The minimum Gasteiger partial charge on any atom is -0.435 e. The van der Waals surface area contributed by atoms with Gasteiger partial charge in [0.15, 0.2) is 0 Å². The van der Waals surface area contributed by atoms with Gasteiger partial charge < -0.3 is 15.0 Å². The van der Waals surface area contributed by atoms with Crippen molar-refractivity contribution in [3.8, 4) is 5.75 Å². The molecule has 0 unspecified atom stereocenters. The number of amides is 2. The number of benzene rings is 1. The van der Waals surface area contributed by atoms with Crippen LogP contribution >= 0.6 is 11.8 Å². The minimum atomic E-state index is -2.88. The molecule has 0 saturated carbocycles. The first-order valence-corrected chi connectivity index (χ1v) is 8.32. The largest absolute Gasteiger partial charge is 0.435 e. The molecule has 0 heterocycles. The first-order chi connectivity index (χ1) is 11.0. The highest BCUT2D eigenvalue weighted by atomic mass is 32.2. The Morgan fingerprint density at radius 2 is 1.78 bits per heavy atom. The third-order valence-corrected chi connectivity index (χ3v) is 3.86. The molecule has 2 amide bonds. The van der Waals surface area contributed by atoms with Crippen LogP contribution in [0.1, 0.15) is 13.8 Å². The second-order valence-corrected chi connectivity index (χ2v) is 5.50. The number of ether oxygens (including phenoxy) is 1. The molecular formula is C15H20F2N2O3S. The number of hydrogen-bond donors (Lipinski definition) is 1. The summed E-state index contributed by atoms with van der Waals surface area (Å²) in [5, 5.41) is 2.63. The van der Waals surface area contributed by atoms with Gasteiger partial charge in [0.1, 0.15) is 5.75 Å². The van der Waals surface area contributed by atoms with E-state index in [9.17, 15) is 18.4 Å². The molecule has 1 aromatic rings. The normalized spacial score (nSPS) is 10.5. The zero-order chi connectivity index (χ0) is 17.2. The van der Waals surface area contributed by atoms with Crippen molar-refractivity contribution >= 4 is 29.3 Å². The first kappa shape index (κ1) is 19.2. The molecular weight excluding hydrogens is 326 g/mol. The maximum atomic E-state index is 12.0. The summed E-state index contributed by atoms with van der Waals surface area (Å²) in [5.74, 6) is 0.154. The topological polar surface area (TPSA) is 58.6 Å². The summed E-state index contributed by atoms with van der Waals surface area (Å²) in [6.45, 7) is 2.22. The summed E-state index contributed by atoms with van der Waals surface area (Å²) < 4.78 is 28.3. The van der Waals surface area contributed by atoms with Crippen LogP contribution in [0.4, 0.5) is 14.5 Å². The number of anilines is 1. The van der Waals surface area contributed by atoms with Crippen molar-refractivity contribution in [2.75, 3.05) is 29.9 Å². The quantitative estimate of drug-likeness (QED) is 0.747. The first-order valence-electron chi connectivity index (χ1n) is 7.16. The predicted octanol–water partition coefficient (Wildman–Crippen LogP) is 2.83. The Kier molecular flexibility index (Phi) is 8.39. The molecule has 0 atom stereocenters. The van der Waals surface area contributed by atoms with E-state index < -0.39 is 6.61 Å². The Morgan fingerprint density at radius 1 is 1.17 bits per heavy atom. The van der Waals surface area contributed by atoms with E-state index in [4.69, 9.17) is 0 Å². The van der Waals surface area contributed by atoms with Crippen molar-refractivity contribution in [1.82, 2.24) is 4.90 Å². The molecule has 0 aliphatic carbocycles. The number of carbonyl (C=O) groups is 2. The van der Waals surface area contributed by atoms with Gasteiger partial charge in [0.05, 0.1) is 11.5 Å². The zero-order valence-electron chi connectivity index (χ0n) is 13.1. The minimum absolute atomic E-state index is 0.00120. The number of hydrogen-bond acceptors (Lipinski definition) is 4. The molecule has 128 valence electrons. The highest BCUT2D eigenvalue weighted by Crippen LogP contribution is 2.18. The Bertz CT molecular complexity index is 508. The molecule has 0 aromatic heterocycles. The molecule has 0 spiro atoms. The monoisotopic (exact) mass is 346 g/mol. The summed E-state index contributed by atoms with van der Waals surface area (Å²) in [6.07, 6.45) is 0. The predicted molar refractivity (Wildman–Crippen MR) is 87.0 cm³/mol. The van der Waals surface area contributed by atoms with Gasteiger partial charge in [0, 0.05) is 18.8 Å². The molecule has 0 aliphatic rings. The summed E-state index contributed by atoms with van der Waals surface area (Å²) in [6, 6.07) is 5.64. The van der Waals surface area contributed by atoms with Crippen LogP contribution in [0, 0.1) is 0 Å². The molecule has 1 aromatic carbocycles. The highest BCUT2D eigenvalue weighted by Gasteiger charge is 2.11. The SMILES string of the molecule is CCN(CC)C(=O)CSCC(=O)Nc1ccc(OC(F)F)cc1. The molecule has 0 radical (unpaired) electrons. The van der Waals surface area contributed by atoms with Crippen molar-refractivity contribution in [3.63, 3.8) is 0 Å². The van der Waals surface area contributed by atoms with Gasteiger partial charge in [-0.25, -0.2) is 0 Å². The summed E-state index contributed by atoms with van der Waals surface area (Å²) >= 11 is 1.23. The van der Waals surface area contributed by atoms with Gasteiger partial charge in [-0.15, -0.1) is 11.8 Å². The van der Waals surface area contributed by atoms with Crippen molar-refractivity contribution in [2.45, 2.75) is 20.5 Å². The molecule has 8 heteroatoms. The van der Waals surface area contributed by atoms with Gasteiger partial charge in [-0.05, 0) is 38.1 Å². The smallest absolute Gasteiger partial charge is 0.387 e. The summed E-state index contributed by atoms with van der Waals surface area (Å²) in [7, 11) is 0. The van der Waals surface area contributed by atoms with Crippen LogP contribution in [0.2, 0.25) is 0 Å². The van der Waals surface area contributed by atoms with Gasteiger partial charge in [0.2, 0.25) is 11.8 Å². The Labute approximate surface area is 138 Å². The van der Waals surface area contributed by atoms with Crippen LogP contribution in [0.15, 0.2) is 24.3 Å². The second-order valence-electron chi connectivity index (χ2n) is 4.51. The Hall–Kier alpha value is -1.83. The van der Waals surface area contributed by atoms with E-state index in [1.54, 1.807) is 4.90 Å². The number of thioether (sulfide) groups is 1. The van der Waals surface area contributed by atoms with E-state index in [0.29, 0.717) is 18.8 Å². The van der Waals surface area contributed by atoms with E-state index in [0.717, 1.165) is 0 Å². The van der Waals surface area contributed by atoms with Crippen LogP contribution in [0.25, 0.3) is 0 Å². The fraction of sp³-hybridized carbons (Fsp3) is 0.467. The number of carbonyl (C=O) groups excluding carboxylic acids is 2. The van der Waals surface area contributed by atoms with E-state index >= 15 is 0 Å². The molecule has 0 fully saturated rings. The molecule has 5 nitrogen and oxygen atoms in total. The summed E-state index contributed by atoms with van der Waals surface area (Å²) in [4.78, 5) is 25.2. The van der Waals surface area contributed by atoms with Crippen molar-refractivity contribution in [1.29, 1.82) is 0 Å². The van der Waals surface area contributed by atoms with Gasteiger partial charge in [-0.2, -0.15) is 8.78 Å². The molecule has 0 aliphatic heterocycles. The molecule has 1 rings (SSSR count). The van der Waals surface area contributed by atoms with E-state index in [2.05, 4.69) is 10.1 Å². The van der Waals surface area contributed by atoms with Crippen molar-refractivity contribution in [3.05, 3.63) is 24.3 Å². The number of rotatable bonds is 9. The van der Waals surface area contributed by atoms with Crippen LogP contribution in [-0.2, 0) is 9.59 Å². The number of halogens is 2. The van der Waals surface area contributed by atoms with Crippen LogP contribution in [0.3, 0.4) is 0 Å². The van der Waals surface area contributed by atoms with Crippen molar-refractivity contribution in [2.24, 2.45) is 0 Å². The Morgan fingerprint density at radius 3 is 2.30 bits per heavy atom. The molecule has 0 bridgehead atoms. The maximum Gasteiger partial charge on any atom is 0.387 e. The zero-order valence-corrected chi connectivity index (χ0v) is 13.9. The number of nitrogens with zero attached hydrogens (tertiary/aromatic N) is 1. The van der Waals surface area contributed by atoms with E-state index in [1.165, 1.54) is 36.0 Å². The van der Waals surface area contributed by atoms with E-state index in [-0.39, 0.29) is 29.1 Å². The standard InChI is InChI=1S/C15H20F2N2O3S/c1-3-19(4-2)14(21)10-23-9-13(20)18-11-5-7-12(8-6-11)22-15(16)17/h5-8,15H,3-4,9-10H2,1-2H3,(H,18,20). The third-order valence-electron chi connectivity index (χ3n) is 2.94. The van der Waals surface area contributed by atoms with Gasteiger partial charge in [-0.3, -0.25) is 9.59 Å². The lowest BCUT2D eigenvalue weighted by Crippen LogP contribution is -2.32. The van der Waals surface area contributed by atoms with Gasteiger partial charge in [0.25, 0.3) is 0 Å². The Balaban J connectivity index is 2.35. The lowest BCUT2D eigenvalue weighted by molar-refractivity contribution is -0.127. The average Bonchev–Trinajstić information content (AvgIpc) is 2.50. The van der Waals surface area contributed by atoms with Crippen molar-refractivity contribution < 1.29 is 23.1 Å².